The molecule has 0 radical (unpaired) electrons. The summed E-state index contributed by atoms with van der Waals surface area (Å²) in [5, 5.41) is 12.2. The fourth-order valence-electron chi connectivity index (χ4n) is 1.87. The van der Waals surface area contributed by atoms with Crippen LogP contribution >= 0.6 is 0 Å². The molecule has 4 nitrogen and oxygen atoms in total. The van der Waals surface area contributed by atoms with Crippen molar-refractivity contribution < 1.29 is 9.90 Å². The lowest BCUT2D eigenvalue weighted by Gasteiger charge is -2.20. The average molecular weight is 278 g/mol. The van der Waals surface area contributed by atoms with E-state index in [1.165, 1.54) is 6.42 Å². The third kappa shape index (κ3) is 6.17. The third-order valence-electron chi connectivity index (χ3n) is 3.53. The van der Waals surface area contributed by atoms with Gasteiger partial charge in [-0.15, -0.1) is 0 Å². The van der Waals surface area contributed by atoms with Crippen LogP contribution in [0.2, 0.25) is 0 Å². The van der Waals surface area contributed by atoms with Crippen LogP contribution in [0.3, 0.4) is 0 Å². The van der Waals surface area contributed by atoms with Crippen molar-refractivity contribution in [2.45, 2.75) is 39.3 Å². The van der Waals surface area contributed by atoms with E-state index in [0.29, 0.717) is 11.6 Å². The molecule has 1 aromatic rings. The fourth-order valence-corrected chi connectivity index (χ4v) is 1.87. The number of rotatable bonds is 9. The van der Waals surface area contributed by atoms with E-state index in [9.17, 15) is 4.79 Å². The van der Waals surface area contributed by atoms with Gasteiger partial charge in [0, 0.05) is 12.6 Å². The molecule has 0 aliphatic rings. The highest BCUT2D eigenvalue weighted by molar-refractivity contribution is 5.87. The first-order chi connectivity index (χ1) is 9.50. The van der Waals surface area contributed by atoms with E-state index < -0.39 is 5.97 Å². The predicted octanol–water partition coefficient (Wildman–Crippen LogP) is 2.59. The molecule has 2 N–H and O–H groups in total. The number of carboxylic acids is 1. The van der Waals surface area contributed by atoms with Crippen LogP contribution in [-0.4, -0.2) is 42.2 Å². The molecule has 0 heterocycles. The van der Waals surface area contributed by atoms with E-state index in [1.807, 2.05) is 12.1 Å². The summed E-state index contributed by atoms with van der Waals surface area (Å²) in [5.74, 6) is -0.876. The van der Waals surface area contributed by atoms with Gasteiger partial charge in [-0.05, 0) is 64.5 Å². The first kappa shape index (κ1) is 16.7. The molecule has 0 saturated carbocycles. The number of unbranched alkanes of at least 4 members (excludes halogenated alkanes) is 1. The van der Waals surface area contributed by atoms with Gasteiger partial charge in [0.2, 0.25) is 0 Å². The Bertz CT molecular complexity index is 401. The van der Waals surface area contributed by atoms with Crippen molar-refractivity contribution in [2.75, 3.05) is 20.1 Å². The summed E-state index contributed by atoms with van der Waals surface area (Å²) in [7, 11) is 2.15. The minimum Gasteiger partial charge on any atom is -0.478 e. The number of aromatic carboxylic acids is 1. The summed E-state index contributed by atoms with van der Waals surface area (Å²) in [6.07, 6.45) is 2.35. The number of carboxylic acid groups (broad SMARTS) is 1. The maximum atomic E-state index is 10.7. The number of benzene rings is 1. The third-order valence-corrected chi connectivity index (χ3v) is 3.53. The van der Waals surface area contributed by atoms with E-state index >= 15 is 0 Å². The van der Waals surface area contributed by atoms with Gasteiger partial charge in [0.1, 0.15) is 0 Å². The lowest BCUT2D eigenvalue weighted by Crippen LogP contribution is -2.27. The molecular formula is C16H26N2O2. The maximum absolute atomic E-state index is 10.7. The molecule has 0 fully saturated rings. The molecule has 0 aliphatic heterocycles. The first-order valence-corrected chi connectivity index (χ1v) is 7.24. The van der Waals surface area contributed by atoms with Crippen molar-refractivity contribution in [1.82, 2.24) is 10.2 Å². The van der Waals surface area contributed by atoms with Crippen molar-refractivity contribution in [3.63, 3.8) is 0 Å². The molecule has 0 amide bonds. The monoisotopic (exact) mass is 278 g/mol. The molecule has 1 rings (SSSR count). The van der Waals surface area contributed by atoms with Gasteiger partial charge in [0.25, 0.3) is 0 Å². The van der Waals surface area contributed by atoms with Gasteiger partial charge < -0.3 is 15.3 Å². The predicted molar refractivity (Wildman–Crippen MR) is 82.1 cm³/mol. The Hall–Kier alpha value is -1.39. The van der Waals surface area contributed by atoms with Crippen LogP contribution in [0, 0.1) is 0 Å². The number of carbonyl (C=O) groups is 1. The summed E-state index contributed by atoms with van der Waals surface area (Å²) in [4.78, 5) is 13.1. The van der Waals surface area contributed by atoms with Crippen LogP contribution in [0.15, 0.2) is 24.3 Å². The van der Waals surface area contributed by atoms with Crippen molar-refractivity contribution >= 4 is 5.97 Å². The molecule has 0 unspecified atom stereocenters. The van der Waals surface area contributed by atoms with Crippen LogP contribution in [0.5, 0.6) is 0 Å². The van der Waals surface area contributed by atoms with Gasteiger partial charge in [-0.3, -0.25) is 0 Å². The molecule has 0 aliphatic carbocycles. The first-order valence-electron chi connectivity index (χ1n) is 7.24. The lowest BCUT2D eigenvalue weighted by molar-refractivity contribution is 0.0697. The Kier molecular flexibility index (Phi) is 7.26. The van der Waals surface area contributed by atoms with E-state index in [2.05, 4.69) is 31.1 Å². The minimum absolute atomic E-state index is 0.338. The summed E-state index contributed by atoms with van der Waals surface area (Å²) < 4.78 is 0. The molecule has 20 heavy (non-hydrogen) atoms. The SMILES string of the molecule is CC(C)N(C)CCCCNCc1ccc(C(=O)O)cc1. The number of hydrogen-bond donors (Lipinski definition) is 2. The average Bonchev–Trinajstić information content (AvgIpc) is 2.42. The van der Waals surface area contributed by atoms with Gasteiger partial charge in [-0.2, -0.15) is 0 Å². The number of nitrogens with one attached hydrogen (secondary N) is 1. The van der Waals surface area contributed by atoms with Crippen molar-refractivity contribution in [3.05, 3.63) is 35.4 Å². The summed E-state index contributed by atoms with van der Waals surface area (Å²) in [6.45, 7) is 7.33. The summed E-state index contributed by atoms with van der Waals surface area (Å²) in [6, 6.07) is 7.63. The van der Waals surface area contributed by atoms with Crippen molar-refractivity contribution in [1.29, 1.82) is 0 Å². The van der Waals surface area contributed by atoms with Gasteiger partial charge in [-0.1, -0.05) is 12.1 Å². The van der Waals surface area contributed by atoms with Crippen LogP contribution in [0.1, 0.15) is 42.6 Å². The smallest absolute Gasteiger partial charge is 0.335 e. The number of nitrogens with zero attached hydrogens (tertiary/aromatic N) is 1. The van der Waals surface area contributed by atoms with Gasteiger partial charge in [0.05, 0.1) is 5.56 Å². The topological polar surface area (TPSA) is 52.6 Å². The quantitative estimate of drug-likeness (QED) is 0.682. The number of hydrogen-bond acceptors (Lipinski definition) is 3. The highest BCUT2D eigenvalue weighted by Crippen LogP contribution is 2.04. The van der Waals surface area contributed by atoms with E-state index in [1.54, 1.807) is 12.1 Å². The van der Waals surface area contributed by atoms with Crippen LogP contribution in [0.25, 0.3) is 0 Å². The van der Waals surface area contributed by atoms with Crippen LogP contribution in [0.4, 0.5) is 0 Å². The zero-order chi connectivity index (χ0) is 15.0. The highest BCUT2D eigenvalue weighted by atomic mass is 16.4. The zero-order valence-corrected chi connectivity index (χ0v) is 12.7. The molecule has 0 saturated heterocycles. The molecule has 0 atom stereocenters. The highest BCUT2D eigenvalue weighted by Gasteiger charge is 2.02. The van der Waals surface area contributed by atoms with Crippen LogP contribution < -0.4 is 5.32 Å². The van der Waals surface area contributed by atoms with Crippen LogP contribution in [-0.2, 0) is 6.54 Å². The second kappa shape index (κ2) is 8.72. The van der Waals surface area contributed by atoms with Gasteiger partial charge in [-0.25, -0.2) is 4.79 Å². The lowest BCUT2D eigenvalue weighted by atomic mass is 10.1. The summed E-state index contributed by atoms with van der Waals surface area (Å²) >= 11 is 0. The zero-order valence-electron chi connectivity index (χ0n) is 12.7. The largest absolute Gasteiger partial charge is 0.478 e. The van der Waals surface area contributed by atoms with Gasteiger partial charge in [0.15, 0.2) is 0 Å². The minimum atomic E-state index is -0.876. The normalized spacial score (nSPS) is 11.2. The second-order valence-corrected chi connectivity index (χ2v) is 5.46. The molecule has 0 aromatic heterocycles. The maximum Gasteiger partial charge on any atom is 0.335 e. The Morgan fingerprint density at radius 1 is 1.25 bits per heavy atom. The Labute approximate surface area is 121 Å². The fraction of sp³-hybridized carbons (Fsp3) is 0.562. The molecule has 112 valence electrons. The van der Waals surface area contributed by atoms with Crippen molar-refractivity contribution in [3.8, 4) is 0 Å². The van der Waals surface area contributed by atoms with Crippen molar-refractivity contribution in [2.24, 2.45) is 0 Å². The molecule has 4 heteroatoms. The van der Waals surface area contributed by atoms with E-state index in [4.69, 9.17) is 5.11 Å². The Balaban J connectivity index is 2.14. The standard InChI is InChI=1S/C16H26N2O2/c1-13(2)18(3)11-5-4-10-17-12-14-6-8-15(9-7-14)16(19)20/h6-9,13,17H,4-5,10-12H2,1-3H3,(H,19,20). The molecule has 1 aromatic carbocycles. The van der Waals surface area contributed by atoms with E-state index in [0.717, 1.165) is 31.6 Å². The van der Waals surface area contributed by atoms with E-state index in [-0.39, 0.29) is 0 Å². The second-order valence-electron chi connectivity index (χ2n) is 5.46. The summed E-state index contributed by atoms with van der Waals surface area (Å²) in [5.41, 5.74) is 1.46. The Morgan fingerprint density at radius 2 is 1.90 bits per heavy atom. The molecular weight excluding hydrogens is 252 g/mol. The molecule has 0 spiro atoms. The molecule has 0 bridgehead atoms. The Morgan fingerprint density at radius 3 is 2.45 bits per heavy atom. The van der Waals surface area contributed by atoms with Gasteiger partial charge >= 0.3 is 5.97 Å².